The molecule has 152 valence electrons. The van der Waals surface area contributed by atoms with Crippen molar-refractivity contribution in [3.63, 3.8) is 0 Å². The second-order valence-corrected chi connectivity index (χ2v) is 6.65. The van der Waals surface area contributed by atoms with Crippen molar-refractivity contribution in [3.8, 4) is 0 Å². The standard InChI is InChI=1S/C23H22F3NO2/c1-17(28)15-21(27-14-6-10-18-7-3-2-4-8-18)22(29)13-12-19-9-5-11-20(16-19)23(24,25)26/h2-11,14,16,21H,12-13,15H2,1H3/b10-6+,27-14?/t21-/m1/s1. The highest BCUT2D eigenvalue weighted by Gasteiger charge is 2.30. The molecule has 0 aliphatic heterocycles. The highest BCUT2D eigenvalue weighted by atomic mass is 19.4. The van der Waals surface area contributed by atoms with E-state index in [1.54, 1.807) is 12.1 Å². The molecule has 0 radical (unpaired) electrons. The van der Waals surface area contributed by atoms with Crippen LogP contribution in [0.25, 0.3) is 6.08 Å². The zero-order valence-corrected chi connectivity index (χ0v) is 16.0. The van der Waals surface area contributed by atoms with Gasteiger partial charge in [0, 0.05) is 19.1 Å². The fourth-order valence-corrected chi connectivity index (χ4v) is 2.73. The average Bonchev–Trinajstić information content (AvgIpc) is 2.68. The van der Waals surface area contributed by atoms with Crippen molar-refractivity contribution in [1.29, 1.82) is 0 Å². The molecule has 0 aliphatic rings. The van der Waals surface area contributed by atoms with Gasteiger partial charge in [0.05, 0.1) is 5.56 Å². The Morgan fingerprint density at radius 1 is 1.07 bits per heavy atom. The summed E-state index contributed by atoms with van der Waals surface area (Å²) in [6.07, 6.45) is 0.696. The molecule has 0 saturated carbocycles. The maximum Gasteiger partial charge on any atom is 0.416 e. The summed E-state index contributed by atoms with van der Waals surface area (Å²) in [5.74, 6) is -0.450. The molecular weight excluding hydrogens is 379 g/mol. The van der Waals surface area contributed by atoms with Gasteiger partial charge in [-0.2, -0.15) is 13.2 Å². The van der Waals surface area contributed by atoms with E-state index < -0.39 is 17.8 Å². The molecule has 0 spiro atoms. The number of allylic oxidation sites excluding steroid dienone is 1. The zero-order chi connectivity index (χ0) is 21.3. The quantitative estimate of drug-likeness (QED) is 0.533. The van der Waals surface area contributed by atoms with E-state index in [0.29, 0.717) is 5.56 Å². The van der Waals surface area contributed by atoms with E-state index in [4.69, 9.17) is 0 Å². The molecule has 0 amide bonds. The number of benzene rings is 2. The molecule has 0 saturated heterocycles. The molecule has 0 fully saturated rings. The van der Waals surface area contributed by atoms with Crippen molar-refractivity contribution >= 4 is 23.9 Å². The maximum atomic E-state index is 12.8. The van der Waals surface area contributed by atoms with Crippen molar-refractivity contribution in [2.24, 2.45) is 4.99 Å². The molecule has 2 rings (SSSR count). The number of carbonyl (C=O) groups is 2. The summed E-state index contributed by atoms with van der Waals surface area (Å²) < 4.78 is 38.4. The molecular formula is C23H22F3NO2. The molecule has 2 aromatic rings. The Bertz CT molecular complexity index is 886. The number of aliphatic imine (C=N–C) groups is 1. The third-order valence-electron chi connectivity index (χ3n) is 4.21. The number of halogens is 3. The first-order valence-electron chi connectivity index (χ1n) is 9.19. The van der Waals surface area contributed by atoms with Gasteiger partial charge in [0.2, 0.25) is 0 Å². The normalized spacial score (nSPS) is 13.1. The number of Topliss-reactive ketones (excluding diaryl/α,β-unsaturated/α-hetero) is 2. The van der Waals surface area contributed by atoms with Gasteiger partial charge in [-0.05, 0) is 36.6 Å². The van der Waals surface area contributed by atoms with Gasteiger partial charge in [0.15, 0.2) is 5.78 Å². The van der Waals surface area contributed by atoms with Crippen LogP contribution in [0.2, 0.25) is 0 Å². The lowest BCUT2D eigenvalue weighted by Crippen LogP contribution is -2.22. The van der Waals surface area contributed by atoms with Gasteiger partial charge in [-0.15, -0.1) is 0 Å². The van der Waals surface area contributed by atoms with Gasteiger partial charge in [0.25, 0.3) is 0 Å². The number of hydrogen-bond acceptors (Lipinski definition) is 3. The topological polar surface area (TPSA) is 46.5 Å². The van der Waals surface area contributed by atoms with E-state index in [0.717, 1.165) is 17.7 Å². The van der Waals surface area contributed by atoms with Gasteiger partial charge >= 0.3 is 6.18 Å². The fourth-order valence-electron chi connectivity index (χ4n) is 2.73. The van der Waals surface area contributed by atoms with Crippen LogP contribution in [-0.4, -0.2) is 23.8 Å². The maximum absolute atomic E-state index is 12.8. The minimum atomic E-state index is -4.42. The molecule has 0 unspecified atom stereocenters. The first-order chi connectivity index (χ1) is 13.8. The summed E-state index contributed by atoms with van der Waals surface area (Å²) in [4.78, 5) is 28.1. The first kappa shape index (κ1) is 22.3. The van der Waals surface area contributed by atoms with Crippen LogP contribution in [0.3, 0.4) is 0 Å². The molecule has 0 aromatic heterocycles. The lowest BCUT2D eigenvalue weighted by molar-refractivity contribution is -0.137. The first-order valence-corrected chi connectivity index (χ1v) is 9.19. The summed E-state index contributed by atoms with van der Waals surface area (Å²) in [6, 6.07) is 13.6. The molecule has 1 atom stereocenters. The summed E-state index contributed by atoms with van der Waals surface area (Å²) in [5, 5.41) is 0. The monoisotopic (exact) mass is 401 g/mol. The summed E-state index contributed by atoms with van der Waals surface area (Å²) in [6.45, 7) is 1.38. The Balaban J connectivity index is 2.00. The number of rotatable bonds is 9. The smallest absolute Gasteiger partial charge is 0.300 e. The van der Waals surface area contributed by atoms with Crippen LogP contribution in [0.5, 0.6) is 0 Å². The number of nitrogens with zero attached hydrogens (tertiary/aromatic N) is 1. The van der Waals surface area contributed by atoms with E-state index in [1.807, 2.05) is 36.4 Å². The number of hydrogen-bond donors (Lipinski definition) is 0. The van der Waals surface area contributed by atoms with Crippen LogP contribution in [0.4, 0.5) is 13.2 Å². The number of ketones is 2. The van der Waals surface area contributed by atoms with Crippen LogP contribution in [0.15, 0.2) is 65.7 Å². The van der Waals surface area contributed by atoms with Gasteiger partial charge in [-0.25, -0.2) is 0 Å². The molecule has 0 aliphatic carbocycles. The van der Waals surface area contributed by atoms with Gasteiger partial charge in [0.1, 0.15) is 11.8 Å². The Kier molecular flexibility index (Phi) is 8.07. The minimum Gasteiger partial charge on any atom is -0.300 e. The Morgan fingerprint density at radius 2 is 1.79 bits per heavy atom. The van der Waals surface area contributed by atoms with E-state index in [1.165, 1.54) is 19.2 Å². The third-order valence-corrected chi connectivity index (χ3v) is 4.21. The molecule has 0 bridgehead atoms. The molecule has 2 aromatic carbocycles. The predicted octanol–water partition coefficient (Wildman–Crippen LogP) is 5.34. The minimum absolute atomic E-state index is 0.0129. The van der Waals surface area contributed by atoms with Crippen LogP contribution >= 0.6 is 0 Å². The van der Waals surface area contributed by atoms with E-state index in [9.17, 15) is 22.8 Å². The lowest BCUT2D eigenvalue weighted by atomic mass is 9.99. The van der Waals surface area contributed by atoms with Gasteiger partial charge in [-0.1, -0.05) is 54.6 Å². The number of aryl methyl sites for hydroxylation is 1. The molecule has 0 heterocycles. The highest BCUT2D eigenvalue weighted by Crippen LogP contribution is 2.29. The van der Waals surface area contributed by atoms with Gasteiger partial charge < -0.3 is 0 Å². The van der Waals surface area contributed by atoms with Crippen molar-refractivity contribution in [2.75, 3.05) is 0 Å². The largest absolute Gasteiger partial charge is 0.416 e. The Morgan fingerprint density at radius 3 is 2.45 bits per heavy atom. The molecule has 29 heavy (non-hydrogen) atoms. The van der Waals surface area contributed by atoms with Crippen molar-refractivity contribution < 1.29 is 22.8 Å². The van der Waals surface area contributed by atoms with Crippen molar-refractivity contribution in [2.45, 2.75) is 38.4 Å². The van der Waals surface area contributed by atoms with E-state index in [-0.39, 0.29) is 30.8 Å². The molecule has 0 N–H and O–H groups in total. The van der Waals surface area contributed by atoms with E-state index >= 15 is 0 Å². The van der Waals surface area contributed by atoms with E-state index in [2.05, 4.69) is 4.99 Å². The molecule has 6 heteroatoms. The summed E-state index contributed by atoms with van der Waals surface area (Å²) in [5.41, 5.74) is 0.646. The zero-order valence-electron chi connectivity index (χ0n) is 16.0. The molecule has 3 nitrogen and oxygen atoms in total. The van der Waals surface area contributed by atoms with Crippen molar-refractivity contribution in [3.05, 3.63) is 77.4 Å². The van der Waals surface area contributed by atoms with Crippen LogP contribution in [0.1, 0.15) is 36.5 Å². The SMILES string of the molecule is CC(=O)C[C@@H](N=C/C=C/c1ccccc1)C(=O)CCc1cccc(C(F)(F)F)c1. The second kappa shape index (κ2) is 10.5. The summed E-state index contributed by atoms with van der Waals surface area (Å²) in [7, 11) is 0. The number of carbonyl (C=O) groups excluding carboxylic acids is 2. The second-order valence-electron chi connectivity index (χ2n) is 6.65. The van der Waals surface area contributed by atoms with Crippen LogP contribution in [0, 0.1) is 0 Å². The lowest BCUT2D eigenvalue weighted by Gasteiger charge is -2.11. The van der Waals surface area contributed by atoms with Crippen LogP contribution < -0.4 is 0 Å². The summed E-state index contributed by atoms with van der Waals surface area (Å²) >= 11 is 0. The highest BCUT2D eigenvalue weighted by molar-refractivity contribution is 5.92. The average molecular weight is 401 g/mol. The van der Waals surface area contributed by atoms with Crippen molar-refractivity contribution in [1.82, 2.24) is 0 Å². The Labute approximate surface area is 168 Å². The number of alkyl halides is 3. The predicted molar refractivity (Wildman–Crippen MR) is 108 cm³/mol. The third kappa shape index (κ3) is 7.86. The van der Waals surface area contributed by atoms with Gasteiger partial charge in [-0.3, -0.25) is 14.6 Å². The fraction of sp³-hybridized carbons (Fsp3) is 0.261. The van der Waals surface area contributed by atoms with Crippen LogP contribution in [-0.2, 0) is 22.2 Å². The Hall–Kier alpha value is -3.02.